The SMILES string of the molecule is CC1COC(=O)O1.O=S(=O)(O)O. The number of ether oxygens (including phenoxy) is 2. The van der Waals surface area contributed by atoms with Crippen LogP contribution in [0, 0.1) is 0 Å². The Bertz CT molecular complexity index is 234. The van der Waals surface area contributed by atoms with Crippen molar-refractivity contribution in [1.29, 1.82) is 0 Å². The van der Waals surface area contributed by atoms with Gasteiger partial charge in [-0.05, 0) is 6.92 Å². The van der Waals surface area contributed by atoms with Gasteiger partial charge in [0, 0.05) is 0 Å². The summed E-state index contributed by atoms with van der Waals surface area (Å²) in [6, 6.07) is 0. The van der Waals surface area contributed by atoms with Crippen LogP contribution in [0.3, 0.4) is 0 Å². The van der Waals surface area contributed by atoms with Crippen molar-refractivity contribution in [2.24, 2.45) is 0 Å². The van der Waals surface area contributed by atoms with Crippen LogP contribution in [0.25, 0.3) is 0 Å². The van der Waals surface area contributed by atoms with Crippen LogP contribution in [0.4, 0.5) is 4.79 Å². The van der Waals surface area contributed by atoms with Gasteiger partial charge in [0.25, 0.3) is 0 Å². The van der Waals surface area contributed by atoms with Gasteiger partial charge < -0.3 is 9.47 Å². The van der Waals surface area contributed by atoms with E-state index in [-0.39, 0.29) is 6.10 Å². The minimum absolute atomic E-state index is 0.0486. The fraction of sp³-hybridized carbons (Fsp3) is 0.750. The van der Waals surface area contributed by atoms with Gasteiger partial charge >= 0.3 is 16.6 Å². The van der Waals surface area contributed by atoms with Crippen LogP contribution >= 0.6 is 0 Å². The molecule has 0 aromatic carbocycles. The predicted molar refractivity (Wildman–Crippen MR) is 36.1 cm³/mol. The third-order valence-electron chi connectivity index (χ3n) is 0.733. The number of rotatable bonds is 0. The Labute approximate surface area is 68.9 Å². The Kier molecular flexibility index (Phi) is 3.93. The van der Waals surface area contributed by atoms with Crippen molar-refractivity contribution >= 4 is 16.6 Å². The summed E-state index contributed by atoms with van der Waals surface area (Å²) in [7, 11) is -4.67. The maximum absolute atomic E-state index is 10.0. The van der Waals surface area contributed by atoms with Crippen molar-refractivity contribution < 1.29 is 31.8 Å². The molecule has 0 aromatic heterocycles. The zero-order valence-electron chi connectivity index (χ0n) is 6.13. The van der Waals surface area contributed by atoms with Crippen LogP contribution in [-0.4, -0.2) is 36.4 Å². The van der Waals surface area contributed by atoms with Gasteiger partial charge in [0.2, 0.25) is 0 Å². The summed E-state index contributed by atoms with van der Waals surface area (Å²) in [5, 5.41) is 0. The Balaban J connectivity index is 0.000000217. The summed E-state index contributed by atoms with van der Waals surface area (Å²) in [5.74, 6) is 0. The van der Waals surface area contributed by atoms with Crippen molar-refractivity contribution in [3.05, 3.63) is 0 Å². The van der Waals surface area contributed by atoms with E-state index in [9.17, 15) is 4.79 Å². The molecule has 0 amide bonds. The van der Waals surface area contributed by atoms with Gasteiger partial charge in [0.05, 0.1) is 0 Å². The largest absolute Gasteiger partial charge is 0.508 e. The molecule has 1 atom stereocenters. The highest BCUT2D eigenvalue weighted by Gasteiger charge is 2.19. The van der Waals surface area contributed by atoms with Gasteiger partial charge in [-0.3, -0.25) is 9.11 Å². The number of hydrogen-bond donors (Lipinski definition) is 2. The van der Waals surface area contributed by atoms with E-state index in [1.54, 1.807) is 6.92 Å². The fourth-order valence-corrected chi connectivity index (χ4v) is 0.418. The third kappa shape index (κ3) is 9.14. The summed E-state index contributed by atoms with van der Waals surface area (Å²) in [6.07, 6.45) is -0.597. The van der Waals surface area contributed by atoms with E-state index >= 15 is 0 Å². The maximum Gasteiger partial charge on any atom is 0.508 e. The first kappa shape index (κ1) is 11.1. The van der Waals surface area contributed by atoms with Crippen LogP contribution in [0.1, 0.15) is 6.92 Å². The zero-order valence-corrected chi connectivity index (χ0v) is 6.94. The molecule has 7 nitrogen and oxygen atoms in total. The highest BCUT2D eigenvalue weighted by Crippen LogP contribution is 2.02. The van der Waals surface area contributed by atoms with E-state index in [4.69, 9.17) is 17.5 Å². The van der Waals surface area contributed by atoms with Crippen LogP contribution < -0.4 is 0 Å². The number of carbonyl (C=O) groups is 1. The highest BCUT2D eigenvalue weighted by molar-refractivity contribution is 7.79. The molecule has 1 aliphatic heterocycles. The summed E-state index contributed by atoms with van der Waals surface area (Å²) in [5.41, 5.74) is 0. The van der Waals surface area contributed by atoms with E-state index in [1.165, 1.54) is 0 Å². The van der Waals surface area contributed by atoms with Crippen LogP contribution in [-0.2, 0) is 19.9 Å². The van der Waals surface area contributed by atoms with Crippen molar-refractivity contribution in [2.75, 3.05) is 6.61 Å². The van der Waals surface area contributed by atoms with Crippen molar-refractivity contribution in [2.45, 2.75) is 13.0 Å². The van der Waals surface area contributed by atoms with E-state index in [0.717, 1.165) is 0 Å². The van der Waals surface area contributed by atoms with Gasteiger partial charge in [-0.15, -0.1) is 0 Å². The molecule has 0 radical (unpaired) electrons. The summed E-state index contributed by atoms with van der Waals surface area (Å²) in [6.45, 7) is 2.18. The summed E-state index contributed by atoms with van der Waals surface area (Å²) in [4.78, 5) is 10.0. The minimum atomic E-state index is -4.67. The van der Waals surface area contributed by atoms with Gasteiger partial charge in [-0.25, -0.2) is 4.79 Å². The molecule has 0 aliphatic carbocycles. The first-order chi connectivity index (χ1) is 5.29. The molecule has 1 fully saturated rings. The molecule has 72 valence electrons. The van der Waals surface area contributed by atoms with Crippen LogP contribution in [0.5, 0.6) is 0 Å². The van der Waals surface area contributed by atoms with E-state index in [1.807, 2.05) is 0 Å². The van der Waals surface area contributed by atoms with Crippen molar-refractivity contribution in [3.63, 3.8) is 0 Å². The number of cyclic esters (lactones) is 2. The lowest BCUT2D eigenvalue weighted by Gasteiger charge is -1.90. The fourth-order valence-electron chi connectivity index (χ4n) is 0.418. The molecule has 0 bridgehead atoms. The average molecular weight is 200 g/mol. The van der Waals surface area contributed by atoms with E-state index < -0.39 is 16.6 Å². The first-order valence-electron chi connectivity index (χ1n) is 2.82. The third-order valence-corrected chi connectivity index (χ3v) is 0.733. The summed E-state index contributed by atoms with van der Waals surface area (Å²) >= 11 is 0. The lowest BCUT2D eigenvalue weighted by atomic mass is 10.5. The van der Waals surface area contributed by atoms with Gasteiger partial charge in [0.15, 0.2) is 0 Å². The van der Waals surface area contributed by atoms with Crippen molar-refractivity contribution in [1.82, 2.24) is 0 Å². The molecule has 8 heteroatoms. The molecule has 0 saturated carbocycles. The van der Waals surface area contributed by atoms with Crippen LogP contribution in [0.2, 0.25) is 0 Å². The van der Waals surface area contributed by atoms with Gasteiger partial charge in [-0.2, -0.15) is 8.42 Å². The Morgan fingerprint density at radius 2 is 1.92 bits per heavy atom. The van der Waals surface area contributed by atoms with Gasteiger partial charge in [-0.1, -0.05) is 0 Å². The smallest absolute Gasteiger partial charge is 0.430 e. The Morgan fingerprint density at radius 1 is 1.50 bits per heavy atom. The zero-order chi connectivity index (χ0) is 9.78. The lowest BCUT2D eigenvalue weighted by Crippen LogP contribution is -2.01. The van der Waals surface area contributed by atoms with Crippen LogP contribution in [0.15, 0.2) is 0 Å². The first-order valence-corrected chi connectivity index (χ1v) is 4.22. The van der Waals surface area contributed by atoms with E-state index in [2.05, 4.69) is 9.47 Å². The average Bonchev–Trinajstić information content (AvgIpc) is 2.09. The van der Waals surface area contributed by atoms with Crippen molar-refractivity contribution in [3.8, 4) is 0 Å². The second kappa shape index (κ2) is 4.24. The minimum Gasteiger partial charge on any atom is -0.430 e. The molecule has 1 aliphatic rings. The van der Waals surface area contributed by atoms with Gasteiger partial charge in [0.1, 0.15) is 12.7 Å². The predicted octanol–water partition coefficient (Wildman–Crippen LogP) is -0.111. The molecule has 1 unspecified atom stereocenters. The number of carbonyl (C=O) groups excluding carboxylic acids is 1. The summed E-state index contributed by atoms with van der Waals surface area (Å²) < 4.78 is 40.5. The second-order valence-corrected chi connectivity index (χ2v) is 2.83. The molecule has 1 rings (SSSR count). The number of hydrogen-bond acceptors (Lipinski definition) is 5. The second-order valence-electron chi connectivity index (χ2n) is 1.94. The molecular weight excluding hydrogens is 192 g/mol. The standard InChI is InChI=1S/C4H6O3.H2O4S/c1-3-2-6-4(5)7-3;1-5(2,3)4/h3H,2H2,1H3;(H2,1,2,3,4). The molecule has 1 saturated heterocycles. The highest BCUT2D eigenvalue weighted by atomic mass is 32.3. The Morgan fingerprint density at radius 3 is 2.00 bits per heavy atom. The monoisotopic (exact) mass is 200 g/mol. The molecule has 0 aromatic rings. The normalized spacial score (nSPS) is 21.9. The molecule has 1 heterocycles. The lowest BCUT2D eigenvalue weighted by molar-refractivity contribution is 0.121. The molecule has 2 N–H and O–H groups in total. The molecular formula is C4H8O7S. The molecule has 12 heavy (non-hydrogen) atoms. The Hall–Kier alpha value is -0.860. The van der Waals surface area contributed by atoms with E-state index in [0.29, 0.717) is 6.61 Å². The molecule has 0 spiro atoms. The maximum atomic E-state index is 10.0. The topological polar surface area (TPSA) is 110 Å². The quantitative estimate of drug-likeness (QED) is 0.414.